The maximum Gasteiger partial charge on any atom is 0.273 e. The number of carbonyl (C=O) groups is 1. The fraction of sp³-hybridized carbons (Fsp3) is 0.286. The molecule has 4 nitrogen and oxygen atoms in total. The predicted octanol–water partition coefficient (Wildman–Crippen LogP) is 2.57. The molecule has 0 aliphatic rings. The van der Waals surface area contributed by atoms with E-state index in [4.69, 9.17) is 5.73 Å². The number of hydrogen-bond donors (Lipinski definition) is 1. The Morgan fingerprint density at radius 1 is 1.45 bits per heavy atom. The molecule has 6 heteroatoms. The van der Waals surface area contributed by atoms with Gasteiger partial charge in [-0.3, -0.25) is 4.79 Å². The van der Waals surface area contributed by atoms with Crippen molar-refractivity contribution in [2.45, 2.75) is 19.5 Å². The standard InChI is InChI=1S/C14H16FN3OS/c1-9(10-3-5-11(15)6-4-10)18(2)14(19)12-8-20-13(7-16)17-12/h3-6,8-9H,7,16H2,1-2H3. The van der Waals surface area contributed by atoms with Gasteiger partial charge in [-0.15, -0.1) is 11.3 Å². The summed E-state index contributed by atoms with van der Waals surface area (Å²) in [7, 11) is 1.71. The van der Waals surface area contributed by atoms with Crippen molar-refractivity contribution in [3.63, 3.8) is 0 Å². The second-order valence-corrected chi connectivity index (χ2v) is 5.42. The predicted molar refractivity (Wildman–Crippen MR) is 76.9 cm³/mol. The van der Waals surface area contributed by atoms with Crippen molar-refractivity contribution < 1.29 is 9.18 Å². The van der Waals surface area contributed by atoms with Crippen molar-refractivity contribution in [3.05, 3.63) is 51.7 Å². The van der Waals surface area contributed by atoms with Crippen LogP contribution in [0.15, 0.2) is 29.6 Å². The van der Waals surface area contributed by atoms with E-state index in [1.165, 1.54) is 23.5 Å². The van der Waals surface area contributed by atoms with Crippen LogP contribution in [0.3, 0.4) is 0 Å². The van der Waals surface area contributed by atoms with E-state index in [9.17, 15) is 9.18 Å². The Balaban J connectivity index is 2.15. The normalized spacial score (nSPS) is 12.2. The molecule has 0 saturated carbocycles. The number of thiazole rings is 1. The Morgan fingerprint density at radius 3 is 2.65 bits per heavy atom. The summed E-state index contributed by atoms with van der Waals surface area (Å²) in [5, 5.41) is 2.44. The molecule has 1 unspecified atom stereocenters. The fourth-order valence-corrected chi connectivity index (χ4v) is 2.47. The minimum Gasteiger partial charge on any atom is -0.334 e. The highest BCUT2D eigenvalue weighted by Crippen LogP contribution is 2.21. The number of amides is 1. The van der Waals surface area contributed by atoms with Crippen LogP contribution in [0.25, 0.3) is 0 Å². The van der Waals surface area contributed by atoms with Crippen LogP contribution in [0.2, 0.25) is 0 Å². The first-order valence-corrected chi connectivity index (χ1v) is 7.08. The number of nitrogens with zero attached hydrogens (tertiary/aromatic N) is 2. The molecular formula is C14H16FN3OS. The number of halogens is 1. The number of benzene rings is 1. The van der Waals surface area contributed by atoms with E-state index in [1.807, 2.05) is 6.92 Å². The van der Waals surface area contributed by atoms with Crippen LogP contribution in [0, 0.1) is 5.82 Å². The molecule has 1 aromatic heterocycles. The second kappa shape index (κ2) is 6.11. The lowest BCUT2D eigenvalue weighted by Crippen LogP contribution is -2.30. The van der Waals surface area contributed by atoms with Crippen LogP contribution in [0.1, 0.15) is 34.0 Å². The number of hydrogen-bond acceptors (Lipinski definition) is 4. The summed E-state index contributed by atoms with van der Waals surface area (Å²) in [4.78, 5) is 18.1. The van der Waals surface area contributed by atoms with Crippen molar-refractivity contribution in [1.29, 1.82) is 0 Å². The summed E-state index contributed by atoms with van der Waals surface area (Å²) >= 11 is 1.37. The Kier molecular flexibility index (Phi) is 4.46. The van der Waals surface area contributed by atoms with Crippen LogP contribution in [0.4, 0.5) is 4.39 Å². The smallest absolute Gasteiger partial charge is 0.273 e. The molecule has 0 radical (unpaired) electrons. The van der Waals surface area contributed by atoms with Crippen LogP contribution in [0.5, 0.6) is 0 Å². The van der Waals surface area contributed by atoms with Gasteiger partial charge in [-0.2, -0.15) is 0 Å². The third kappa shape index (κ3) is 3.02. The van der Waals surface area contributed by atoms with Gasteiger partial charge in [-0.05, 0) is 24.6 Å². The Hall–Kier alpha value is -1.79. The van der Waals surface area contributed by atoms with E-state index in [2.05, 4.69) is 4.98 Å². The first-order chi connectivity index (χ1) is 9.52. The van der Waals surface area contributed by atoms with Gasteiger partial charge in [0.2, 0.25) is 0 Å². The summed E-state index contributed by atoms with van der Waals surface area (Å²) in [5.41, 5.74) is 6.76. The van der Waals surface area contributed by atoms with Crippen LogP contribution in [-0.2, 0) is 6.54 Å². The van der Waals surface area contributed by atoms with Gasteiger partial charge in [0.05, 0.1) is 6.04 Å². The summed E-state index contributed by atoms with van der Waals surface area (Å²) in [6.45, 7) is 2.22. The highest BCUT2D eigenvalue weighted by Gasteiger charge is 2.21. The molecule has 0 aliphatic heterocycles. The van der Waals surface area contributed by atoms with Crippen LogP contribution >= 0.6 is 11.3 Å². The summed E-state index contributed by atoms with van der Waals surface area (Å²) < 4.78 is 12.9. The molecule has 1 aromatic carbocycles. The topological polar surface area (TPSA) is 59.2 Å². The lowest BCUT2D eigenvalue weighted by atomic mass is 10.1. The molecular weight excluding hydrogens is 277 g/mol. The number of nitrogens with two attached hydrogens (primary N) is 1. The van der Waals surface area contributed by atoms with Crippen molar-refractivity contribution in [2.75, 3.05) is 7.05 Å². The monoisotopic (exact) mass is 293 g/mol. The summed E-state index contributed by atoms with van der Waals surface area (Å²) in [5.74, 6) is -0.459. The lowest BCUT2D eigenvalue weighted by molar-refractivity contribution is 0.0737. The van der Waals surface area contributed by atoms with E-state index >= 15 is 0 Å². The van der Waals surface area contributed by atoms with Crippen LogP contribution in [-0.4, -0.2) is 22.8 Å². The van der Waals surface area contributed by atoms with Gasteiger partial charge in [0.1, 0.15) is 16.5 Å². The number of rotatable bonds is 4. The molecule has 0 saturated heterocycles. The van der Waals surface area contributed by atoms with E-state index in [-0.39, 0.29) is 17.8 Å². The maximum absolute atomic E-state index is 12.9. The van der Waals surface area contributed by atoms with E-state index in [0.717, 1.165) is 10.6 Å². The molecule has 2 aromatic rings. The average Bonchev–Trinajstić information content (AvgIpc) is 2.94. The second-order valence-electron chi connectivity index (χ2n) is 4.47. The van der Waals surface area contributed by atoms with Gasteiger partial charge in [0, 0.05) is 19.0 Å². The zero-order chi connectivity index (χ0) is 14.7. The first-order valence-electron chi connectivity index (χ1n) is 6.20. The molecule has 1 amide bonds. The lowest BCUT2D eigenvalue weighted by Gasteiger charge is -2.24. The molecule has 0 bridgehead atoms. The molecule has 1 atom stereocenters. The van der Waals surface area contributed by atoms with Crippen molar-refractivity contribution in [2.24, 2.45) is 5.73 Å². The molecule has 106 valence electrons. The molecule has 20 heavy (non-hydrogen) atoms. The number of aromatic nitrogens is 1. The quantitative estimate of drug-likeness (QED) is 0.942. The Bertz CT molecular complexity index is 597. The van der Waals surface area contributed by atoms with Gasteiger partial charge in [-0.1, -0.05) is 12.1 Å². The summed E-state index contributed by atoms with van der Waals surface area (Å²) in [6.07, 6.45) is 0. The largest absolute Gasteiger partial charge is 0.334 e. The third-order valence-electron chi connectivity index (χ3n) is 3.20. The van der Waals surface area contributed by atoms with Crippen molar-refractivity contribution in [1.82, 2.24) is 9.88 Å². The maximum atomic E-state index is 12.9. The van der Waals surface area contributed by atoms with Crippen molar-refractivity contribution >= 4 is 17.2 Å². The molecule has 0 aliphatic carbocycles. The fourth-order valence-electron chi connectivity index (χ4n) is 1.82. The van der Waals surface area contributed by atoms with Crippen molar-refractivity contribution in [3.8, 4) is 0 Å². The van der Waals surface area contributed by atoms with E-state index in [1.54, 1.807) is 29.5 Å². The Morgan fingerprint density at radius 2 is 2.10 bits per heavy atom. The zero-order valence-corrected chi connectivity index (χ0v) is 12.2. The van der Waals surface area contributed by atoms with Gasteiger partial charge in [0.15, 0.2) is 0 Å². The number of carbonyl (C=O) groups excluding carboxylic acids is 1. The molecule has 0 spiro atoms. The van der Waals surface area contributed by atoms with Gasteiger partial charge < -0.3 is 10.6 Å². The molecule has 1 heterocycles. The van der Waals surface area contributed by atoms with Gasteiger partial charge >= 0.3 is 0 Å². The molecule has 2 rings (SSSR count). The molecule has 2 N–H and O–H groups in total. The minimum atomic E-state index is -0.290. The zero-order valence-electron chi connectivity index (χ0n) is 11.3. The highest BCUT2D eigenvalue weighted by molar-refractivity contribution is 7.09. The van der Waals surface area contributed by atoms with E-state index in [0.29, 0.717) is 12.2 Å². The summed E-state index contributed by atoms with van der Waals surface area (Å²) in [6, 6.07) is 5.97. The Labute approximate surface area is 121 Å². The van der Waals surface area contributed by atoms with Gasteiger partial charge in [0.25, 0.3) is 5.91 Å². The highest BCUT2D eigenvalue weighted by atomic mass is 32.1. The van der Waals surface area contributed by atoms with Crippen LogP contribution < -0.4 is 5.73 Å². The average molecular weight is 293 g/mol. The minimum absolute atomic E-state index is 0.161. The van der Waals surface area contributed by atoms with E-state index < -0.39 is 0 Å². The molecule has 0 fully saturated rings. The third-order valence-corrected chi connectivity index (χ3v) is 4.07. The van der Waals surface area contributed by atoms with Gasteiger partial charge in [-0.25, -0.2) is 9.37 Å². The SMILES string of the molecule is CC(c1ccc(F)cc1)N(C)C(=O)c1csc(CN)n1. The first kappa shape index (κ1) is 14.6.